The molecule has 1 unspecified atom stereocenters. The Morgan fingerprint density at radius 3 is 2.89 bits per heavy atom. The smallest absolute Gasteiger partial charge is 0.237 e. The van der Waals surface area contributed by atoms with Gasteiger partial charge in [0.1, 0.15) is 5.75 Å². The van der Waals surface area contributed by atoms with Gasteiger partial charge in [0, 0.05) is 22.6 Å². The van der Waals surface area contributed by atoms with Crippen LogP contribution in [0.25, 0.3) is 0 Å². The van der Waals surface area contributed by atoms with E-state index in [9.17, 15) is 4.79 Å². The Bertz CT molecular complexity index is 461. The third kappa shape index (κ3) is 4.21. The van der Waals surface area contributed by atoms with E-state index < -0.39 is 0 Å². The summed E-state index contributed by atoms with van der Waals surface area (Å²) in [5.41, 5.74) is 1.03. The predicted octanol–water partition coefficient (Wildman–Crippen LogP) is 2.21. The average molecular weight is 327 g/mol. The number of halogens is 1. The van der Waals surface area contributed by atoms with Crippen molar-refractivity contribution in [3.63, 3.8) is 0 Å². The molecule has 4 nitrogen and oxygen atoms in total. The van der Waals surface area contributed by atoms with E-state index in [1.165, 1.54) is 0 Å². The molecule has 0 aliphatic heterocycles. The van der Waals surface area contributed by atoms with Crippen molar-refractivity contribution in [2.75, 3.05) is 7.11 Å². The molecule has 1 aliphatic carbocycles. The maximum absolute atomic E-state index is 11.8. The topological polar surface area (TPSA) is 50.4 Å². The van der Waals surface area contributed by atoms with Gasteiger partial charge in [-0.3, -0.25) is 4.79 Å². The van der Waals surface area contributed by atoms with Crippen LogP contribution < -0.4 is 15.4 Å². The molecule has 19 heavy (non-hydrogen) atoms. The Balaban J connectivity index is 1.89. The van der Waals surface area contributed by atoms with E-state index in [-0.39, 0.29) is 11.9 Å². The van der Waals surface area contributed by atoms with Gasteiger partial charge in [0.15, 0.2) is 0 Å². The molecule has 0 saturated heterocycles. The van der Waals surface area contributed by atoms with E-state index in [0.717, 1.165) is 28.6 Å². The minimum absolute atomic E-state index is 0.0662. The van der Waals surface area contributed by atoms with Crippen molar-refractivity contribution in [2.45, 2.75) is 38.4 Å². The minimum Gasteiger partial charge on any atom is -0.496 e. The first-order valence-electron chi connectivity index (χ1n) is 6.46. The summed E-state index contributed by atoms with van der Waals surface area (Å²) in [5.74, 6) is 0.891. The highest BCUT2D eigenvalue weighted by Gasteiger charge is 2.25. The van der Waals surface area contributed by atoms with Crippen LogP contribution in [-0.2, 0) is 11.3 Å². The van der Waals surface area contributed by atoms with Gasteiger partial charge in [-0.2, -0.15) is 0 Å². The number of hydrogen-bond donors (Lipinski definition) is 2. The van der Waals surface area contributed by atoms with Crippen LogP contribution in [0.5, 0.6) is 5.75 Å². The molecule has 1 saturated carbocycles. The molecule has 104 valence electrons. The van der Waals surface area contributed by atoms with Crippen LogP contribution in [0.4, 0.5) is 0 Å². The van der Waals surface area contributed by atoms with Crippen LogP contribution in [0, 0.1) is 0 Å². The summed E-state index contributed by atoms with van der Waals surface area (Å²) in [5, 5.41) is 6.21. The van der Waals surface area contributed by atoms with Crippen molar-refractivity contribution in [1.29, 1.82) is 0 Å². The number of methoxy groups -OCH3 is 1. The van der Waals surface area contributed by atoms with Gasteiger partial charge in [0.25, 0.3) is 0 Å². The lowest BCUT2D eigenvalue weighted by atomic mass is 10.2. The first kappa shape index (κ1) is 14.3. The third-order valence-electron chi connectivity index (χ3n) is 3.16. The van der Waals surface area contributed by atoms with Gasteiger partial charge >= 0.3 is 0 Å². The minimum atomic E-state index is -0.204. The fourth-order valence-electron chi connectivity index (χ4n) is 1.79. The van der Waals surface area contributed by atoms with Gasteiger partial charge in [-0.05, 0) is 38.0 Å². The summed E-state index contributed by atoms with van der Waals surface area (Å²) >= 11 is 3.44. The molecule has 0 heterocycles. The lowest BCUT2D eigenvalue weighted by Gasteiger charge is -2.15. The summed E-state index contributed by atoms with van der Waals surface area (Å²) in [6.45, 7) is 2.48. The highest BCUT2D eigenvalue weighted by Crippen LogP contribution is 2.23. The molecule has 1 aromatic rings. The maximum atomic E-state index is 11.8. The highest BCUT2D eigenvalue weighted by molar-refractivity contribution is 9.10. The van der Waals surface area contributed by atoms with Crippen molar-refractivity contribution < 1.29 is 9.53 Å². The van der Waals surface area contributed by atoms with E-state index in [4.69, 9.17) is 4.74 Å². The maximum Gasteiger partial charge on any atom is 0.237 e. The lowest BCUT2D eigenvalue weighted by Crippen LogP contribution is -2.42. The summed E-state index contributed by atoms with van der Waals surface area (Å²) in [6.07, 6.45) is 2.22. The molecule has 1 atom stereocenters. The molecule has 2 rings (SSSR count). The molecular weight excluding hydrogens is 308 g/mol. The van der Waals surface area contributed by atoms with Crippen LogP contribution in [0.3, 0.4) is 0 Å². The van der Waals surface area contributed by atoms with E-state index >= 15 is 0 Å². The second-order valence-corrected chi connectivity index (χ2v) is 5.76. The Morgan fingerprint density at radius 1 is 1.53 bits per heavy atom. The fraction of sp³-hybridized carbons (Fsp3) is 0.500. The zero-order valence-electron chi connectivity index (χ0n) is 11.2. The molecule has 1 amide bonds. The summed E-state index contributed by atoms with van der Waals surface area (Å²) < 4.78 is 6.31. The highest BCUT2D eigenvalue weighted by atomic mass is 79.9. The Morgan fingerprint density at radius 2 is 2.26 bits per heavy atom. The third-order valence-corrected chi connectivity index (χ3v) is 3.65. The number of amides is 1. The molecule has 0 bridgehead atoms. The molecule has 0 aromatic heterocycles. The van der Waals surface area contributed by atoms with Crippen LogP contribution in [0.2, 0.25) is 0 Å². The van der Waals surface area contributed by atoms with Gasteiger partial charge in [0.05, 0.1) is 13.2 Å². The van der Waals surface area contributed by atoms with Gasteiger partial charge < -0.3 is 15.4 Å². The first-order chi connectivity index (χ1) is 9.10. The Hall–Kier alpha value is -1.07. The Kier molecular flexibility index (Phi) is 4.82. The number of carbonyl (C=O) groups excluding carboxylic acids is 1. The molecule has 0 radical (unpaired) electrons. The van der Waals surface area contributed by atoms with Crippen LogP contribution in [0.1, 0.15) is 25.3 Å². The fourth-order valence-corrected chi connectivity index (χ4v) is 2.20. The van der Waals surface area contributed by atoms with Crippen molar-refractivity contribution >= 4 is 21.8 Å². The molecule has 2 N–H and O–H groups in total. The van der Waals surface area contributed by atoms with Crippen molar-refractivity contribution in [3.05, 3.63) is 28.2 Å². The number of hydrogen-bond acceptors (Lipinski definition) is 3. The first-order valence-corrected chi connectivity index (χ1v) is 7.25. The summed E-state index contributed by atoms with van der Waals surface area (Å²) in [4.78, 5) is 11.8. The van der Waals surface area contributed by atoms with Gasteiger partial charge in [-0.25, -0.2) is 0 Å². The second kappa shape index (κ2) is 6.39. The largest absolute Gasteiger partial charge is 0.496 e. The van der Waals surface area contributed by atoms with Crippen molar-refractivity contribution in [1.82, 2.24) is 10.6 Å². The number of carbonyl (C=O) groups is 1. The molecule has 1 fully saturated rings. The van der Waals surface area contributed by atoms with Crippen molar-refractivity contribution in [3.8, 4) is 5.75 Å². The number of nitrogens with one attached hydrogen (secondary N) is 2. The molecule has 1 aromatic carbocycles. The summed E-state index contributed by atoms with van der Waals surface area (Å²) in [6, 6.07) is 6.04. The normalized spacial score (nSPS) is 15.9. The molecular formula is C14H19BrN2O2. The van der Waals surface area contributed by atoms with Crippen molar-refractivity contribution in [2.24, 2.45) is 0 Å². The van der Waals surface area contributed by atoms with Gasteiger partial charge in [0.2, 0.25) is 5.91 Å². The second-order valence-electron chi connectivity index (χ2n) is 4.84. The van der Waals surface area contributed by atoms with E-state index in [0.29, 0.717) is 12.6 Å². The standard InChI is InChI=1S/C14H19BrN2O2/c1-9(14(18)17-12-4-5-12)16-8-10-7-11(15)3-6-13(10)19-2/h3,6-7,9,12,16H,4-5,8H2,1-2H3,(H,17,18). The average Bonchev–Trinajstić information content (AvgIpc) is 3.20. The monoisotopic (exact) mass is 326 g/mol. The zero-order valence-corrected chi connectivity index (χ0v) is 12.8. The van der Waals surface area contributed by atoms with E-state index in [1.807, 2.05) is 25.1 Å². The zero-order chi connectivity index (χ0) is 13.8. The van der Waals surface area contributed by atoms with Crippen LogP contribution in [0.15, 0.2) is 22.7 Å². The quantitative estimate of drug-likeness (QED) is 0.842. The SMILES string of the molecule is COc1ccc(Br)cc1CNC(C)C(=O)NC1CC1. The molecule has 5 heteroatoms. The van der Waals surface area contributed by atoms with Crippen LogP contribution >= 0.6 is 15.9 Å². The molecule has 0 spiro atoms. The predicted molar refractivity (Wildman–Crippen MR) is 78.2 cm³/mol. The van der Waals surface area contributed by atoms with E-state index in [2.05, 4.69) is 26.6 Å². The number of benzene rings is 1. The van der Waals surface area contributed by atoms with Crippen LogP contribution in [-0.4, -0.2) is 25.1 Å². The Labute approximate surface area is 122 Å². The lowest BCUT2D eigenvalue weighted by molar-refractivity contribution is -0.122. The van der Waals surface area contributed by atoms with Gasteiger partial charge in [-0.1, -0.05) is 15.9 Å². The number of ether oxygens (including phenoxy) is 1. The molecule has 1 aliphatic rings. The van der Waals surface area contributed by atoms with Gasteiger partial charge in [-0.15, -0.1) is 0 Å². The summed E-state index contributed by atoms with van der Waals surface area (Å²) in [7, 11) is 1.65. The number of rotatable bonds is 6. The van der Waals surface area contributed by atoms with E-state index in [1.54, 1.807) is 7.11 Å².